The monoisotopic (exact) mass is 506 g/mol. The molecule has 13 heteroatoms. The summed E-state index contributed by atoms with van der Waals surface area (Å²) in [5, 5.41) is 25.8. The molecule has 178 valence electrons. The van der Waals surface area contributed by atoms with E-state index in [-0.39, 0.29) is 33.5 Å². The molecule has 3 N–H and O–H groups in total. The molecule has 3 aromatic rings. The summed E-state index contributed by atoms with van der Waals surface area (Å²) in [6.45, 7) is 0. The highest BCUT2D eigenvalue weighted by Crippen LogP contribution is 2.36. The quantitative estimate of drug-likeness (QED) is 0.221. The lowest BCUT2D eigenvalue weighted by molar-refractivity contribution is -0.384. The zero-order chi connectivity index (χ0) is 24.9. The van der Waals surface area contributed by atoms with E-state index >= 15 is 0 Å². The zero-order valence-electron chi connectivity index (χ0n) is 17.9. The van der Waals surface area contributed by atoms with Gasteiger partial charge in [0.05, 0.1) is 35.9 Å². The molecule has 0 spiro atoms. The minimum absolute atomic E-state index is 0.0411. The molecule has 0 radical (unpaired) electrons. The Bertz CT molecular complexity index is 1340. The van der Waals surface area contributed by atoms with Gasteiger partial charge < -0.3 is 14.6 Å². The van der Waals surface area contributed by atoms with Crippen LogP contribution in [0.15, 0.2) is 64.6 Å². The lowest BCUT2D eigenvalue weighted by atomic mass is 10.2. The van der Waals surface area contributed by atoms with E-state index in [9.17, 15) is 23.6 Å². The third kappa shape index (κ3) is 5.66. The number of benzene rings is 3. The topological polar surface area (TPSA) is 152 Å². The van der Waals surface area contributed by atoms with Gasteiger partial charge in [0.25, 0.3) is 15.7 Å². The van der Waals surface area contributed by atoms with Gasteiger partial charge in [-0.2, -0.15) is 5.10 Å². The fraction of sp³-hybridized carbons (Fsp3) is 0.0952. The number of hydrazone groups is 1. The molecular weight excluding hydrogens is 488 g/mol. The van der Waals surface area contributed by atoms with Gasteiger partial charge in [-0.1, -0.05) is 17.7 Å². The van der Waals surface area contributed by atoms with Crippen molar-refractivity contribution < 1.29 is 27.9 Å². The largest absolute Gasteiger partial charge is 0.502 e. The van der Waals surface area contributed by atoms with Crippen LogP contribution >= 0.6 is 11.6 Å². The summed E-state index contributed by atoms with van der Waals surface area (Å²) in [5.74, 6) is 0.107. The van der Waals surface area contributed by atoms with E-state index in [1.165, 1.54) is 56.8 Å². The molecule has 34 heavy (non-hydrogen) atoms. The van der Waals surface area contributed by atoms with Crippen LogP contribution in [-0.2, 0) is 10.0 Å². The molecule has 0 aliphatic rings. The number of aromatic hydroxyl groups is 1. The standard InChI is InChI=1S/C21H19ClN4O7S/c1-32-19-8-13(9-20(33-2)21(19)27)12-23-24-17-7-6-16(11-18(17)26(28)29)34(30,31)25-15-5-3-4-14(22)10-15/h3-12,24-25,27H,1-2H3/b23-12-. The van der Waals surface area contributed by atoms with Crippen LogP contribution in [0.5, 0.6) is 17.2 Å². The Labute approximate surface area is 199 Å². The van der Waals surface area contributed by atoms with Gasteiger partial charge in [-0.05, 0) is 42.5 Å². The zero-order valence-corrected chi connectivity index (χ0v) is 19.4. The van der Waals surface area contributed by atoms with Crippen LogP contribution in [0.2, 0.25) is 5.02 Å². The third-order valence-electron chi connectivity index (χ3n) is 4.45. The first-order valence-electron chi connectivity index (χ1n) is 9.45. The third-order valence-corrected chi connectivity index (χ3v) is 6.07. The van der Waals surface area contributed by atoms with Crippen LogP contribution in [0, 0.1) is 10.1 Å². The number of nitrogens with zero attached hydrogens (tertiary/aromatic N) is 2. The van der Waals surface area contributed by atoms with Crippen molar-refractivity contribution in [1.82, 2.24) is 0 Å². The lowest BCUT2D eigenvalue weighted by Gasteiger charge is -2.10. The number of methoxy groups -OCH3 is 2. The average Bonchev–Trinajstić information content (AvgIpc) is 2.79. The first-order chi connectivity index (χ1) is 16.1. The average molecular weight is 507 g/mol. The van der Waals surface area contributed by atoms with E-state index in [2.05, 4.69) is 15.2 Å². The van der Waals surface area contributed by atoms with Gasteiger partial charge in [-0.25, -0.2) is 8.42 Å². The Kier molecular flexibility index (Phi) is 7.44. The minimum atomic E-state index is -4.12. The Morgan fingerprint density at radius 2 is 1.76 bits per heavy atom. The maximum Gasteiger partial charge on any atom is 0.295 e. The van der Waals surface area contributed by atoms with E-state index in [1.54, 1.807) is 12.1 Å². The van der Waals surface area contributed by atoms with Crippen molar-refractivity contribution in [2.75, 3.05) is 24.4 Å². The van der Waals surface area contributed by atoms with Gasteiger partial charge in [0.2, 0.25) is 5.75 Å². The van der Waals surface area contributed by atoms with Crippen molar-refractivity contribution >= 4 is 44.9 Å². The van der Waals surface area contributed by atoms with Gasteiger partial charge in [-0.3, -0.25) is 20.3 Å². The van der Waals surface area contributed by atoms with Crippen molar-refractivity contribution in [2.45, 2.75) is 4.90 Å². The molecule has 11 nitrogen and oxygen atoms in total. The molecule has 0 unspecified atom stereocenters. The number of phenols is 1. The van der Waals surface area contributed by atoms with Gasteiger partial charge in [0, 0.05) is 16.7 Å². The number of phenolic OH excluding ortho intramolecular Hbond substituents is 1. The van der Waals surface area contributed by atoms with E-state index in [4.69, 9.17) is 21.1 Å². The van der Waals surface area contributed by atoms with Crippen LogP contribution in [-0.4, -0.2) is 38.9 Å². The highest BCUT2D eigenvalue weighted by Gasteiger charge is 2.22. The van der Waals surface area contributed by atoms with Crippen LogP contribution in [0.4, 0.5) is 17.1 Å². The molecule has 0 saturated heterocycles. The molecule has 0 fully saturated rings. The van der Waals surface area contributed by atoms with Crippen molar-refractivity contribution in [3.05, 3.63) is 75.3 Å². The fourth-order valence-electron chi connectivity index (χ4n) is 2.85. The molecule has 0 heterocycles. The van der Waals surface area contributed by atoms with E-state index in [0.717, 1.165) is 6.07 Å². The number of nitrogens with one attached hydrogen (secondary N) is 2. The molecule has 3 rings (SSSR count). The van der Waals surface area contributed by atoms with Gasteiger partial charge in [0.1, 0.15) is 5.69 Å². The molecule has 0 bridgehead atoms. The molecule has 0 atom stereocenters. The Hall–Kier alpha value is -4.03. The fourth-order valence-corrected chi connectivity index (χ4v) is 4.11. The summed E-state index contributed by atoms with van der Waals surface area (Å²) in [6.07, 6.45) is 1.32. The highest BCUT2D eigenvalue weighted by molar-refractivity contribution is 7.92. The lowest BCUT2D eigenvalue weighted by Crippen LogP contribution is -2.13. The summed E-state index contributed by atoms with van der Waals surface area (Å²) >= 11 is 5.87. The predicted molar refractivity (Wildman–Crippen MR) is 128 cm³/mol. The number of nitro benzene ring substituents is 1. The molecule has 0 saturated carbocycles. The van der Waals surface area contributed by atoms with E-state index in [1.807, 2.05) is 0 Å². The van der Waals surface area contributed by atoms with E-state index < -0.39 is 20.6 Å². The number of halogens is 1. The molecular formula is C21H19ClN4O7S. The number of hydrogen-bond acceptors (Lipinski definition) is 9. The SMILES string of the molecule is COc1cc(/C=N\Nc2ccc(S(=O)(=O)Nc3cccc(Cl)c3)cc2[N+](=O)[O-])cc(OC)c1O. The van der Waals surface area contributed by atoms with Crippen molar-refractivity contribution in [1.29, 1.82) is 0 Å². The van der Waals surface area contributed by atoms with Crippen molar-refractivity contribution in [2.24, 2.45) is 5.10 Å². The summed E-state index contributed by atoms with van der Waals surface area (Å²) in [5.41, 5.74) is 2.65. The number of anilines is 2. The smallest absolute Gasteiger partial charge is 0.295 e. The number of nitro groups is 1. The van der Waals surface area contributed by atoms with Gasteiger partial charge >= 0.3 is 0 Å². The van der Waals surface area contributed by atoms with Gasteiger partial charge in [-0.15, -0.1) is 0 Å². The maximum atomic E-state index is 12.7. The maximum absolute atomic E-state index is 12.7. The first kappa shape index (κ1) is 24.6. The Balaban J connectivity index is 1.86. The second kappa shape index (κ2) is 10.3. The van der Waals surface area contributed by atoms with Crippen LogP contribution < -0.4 is 19.6 Å². The molecule has 0 aliphatic heterocycles. The summed E-state index contributed by atoms with van der Waals surface area (Å²) < 4.78 is 37.8. The number of hydrogen-bond donors (Lipinski definition) is 3. The Morgan fingerprint density at radius 3 is 2.35 bits per heavy atom. The summed E-state index contributed by atoms with van der Waals surface area (Å²) in [7, 11) is -1.38. The van der Waals surface area contributed by atoms with Crippen LogP contribution in [0.25, 0.3) is 0 Å². The Morgan fingerprint density at radius 1 is 1.09 bits per heavy atom. The number of sulfonamides is 1. The van der Waals surface area contributed by atoms with Crippen LogP contribution in [0.1, 0.15) is 5.56 Å². The summed E-state index contributed by atoms with van der Waals surface area (Å²) in [4.78, 5) is 10.5. The molecule has 0 amide bonds. The first-order valence-corrected chi connectivity index (χ1v) is 11.3. The van der Waals surface area contributed by atoms with E-state index in [0.29, 0.717) is 10.6 Å². The predicted octanol–water partition coefficient (Wildman–Crippen LogP) is 4.22. The summed E-state index contributed by atoms with van der Waals surface area (Å²) in [6, 6.07) is 12.3. The van der Waals surface area contributed by atoms with Crippen molar-refractivity contribution in [3.63, 3.8) is 0 Å². The van der Waals surface area contributed by atoms with Crippen molar-refractivity contribution in [3.8, 4) is 17.2 Å². The normalized spacial score (nSPS) is 11.3. The minimum Gasteiger partial charge on any atom is -0.502 e. The van der Waals surface area contributed by atoms with Gasteiger partial charge in [0.15, 0.2) is 11.5 Å². The second-order valence-corrected chi connectivity index (χ2v) is 8.81. The second-order valence-electron chi connectivity index (χ2n) is 6.70. The molecule has 3 aromatic carbocycles. The number of ether oxygens (including phenoxy) is 2. The molecule has 0 aliphatic carbocycles. The molecule has 0 aromatic heterocycles. The van der Waals surface area contributed by atoms with Crippen LogP contribution in [0.3, 0.4) is 0 Å². The number of rotatable bonds is 9. The highest BCUT2D eigenvalue weighted by atomic mass is 35.5.